The van der Waals surface area contributed by atoms with E-state index in [4.69, 9.17) is 10.2 Å². The predicted molar refractivity (Wildman–Crippen MR) is 144 cm³/mol. The smallest absolute Gasteiger partial charge is 0.102 e. The molecule has 0 saturated carbocycles. The first-order valence-corrected chi connectivity index (χ1v) is 12.3. The summed E-state index contributed by atoms with van der Waals surface area (Å²) in [6.45, 7) is 6.49. The van der Waals surface area contributed by atoms with E-state index in [0.29, 0.717) is 5.69 Å². The van der Waals surface area contributed by atoms with Gasteiger partial charge in [0.25, 0.3) is 0 Å². The van der Waals surface area contributed by atoms with Gasteiger partial charge in [0, 0.05) is 26.8 Å². The summed E-state index contributed by atoms with van der Waals surface area (Å²) >= 11 is 0. The normalized spacial score (nSPS) is 9.00. The molecule has 180 valence electrons. The summed E-state index contributed by atoms with van der Waals surface area (Å²) in [5.74, 6) is 0. The van der Waals surface area contributed by atoms with Crippen LogP contribution in [-0.2, 0) is 25.7 Å². The SMILES string of the molecule is Cc1ccc(N=[N-])cc1.[C-]#[O+].[Mo].[c-]1[c-][c-][cH-][c-]1.c1ccc([PH+](c2ccccc2)c2ccccc2)cc1. The second-order valence-electron chi connectivity index (χ2n) is 7.09. The number of nitrogens with zero attached hydrogens (tertiary/aromatic N) is 2. The third-order valence-corrected chi connectivity index (χ3v) is 7.42. The molecule has 0 heterocycles. The summed E-state index contributed by atoms with van der Waals surface area (Å²) in [7, 11) is -0.877. The minimum atomic E-state index is -0.877. The average Bonchev–Trinajstić information content (AvgIpc) is 3.53. The van der Waals surface area contributed by atoms with Crippen LogP contribution in [-0.4, -0.2) is 0 Å². The van der Waals surface area contributed by atoms with E-state index in [1.54, 1.807) is 18.2 Å². The van der Waals surface area contributed by atoms with Crippen molar-refractivity contribution in [3.63, 3.8) is 0 Å². The Kier molecular flexibility index (Phi) is 16.2. The van der Waals surface area contributed by atoms with E-state index in [2.05, 4.69) is 127 Å². The summed E-state index contributed by atoms with van der Waals surface area (Å²) in [5.41, 5.74) is 10.0. The van der Waals surface area contributed by atoms with Gasteiger partial charge in [0.1, 0.15) is 15.9 Å². The van der Waals surface area contributed by atoms with Gasteiger partial charge in [0.05, 0.1) is 7.92 Å². The summed E-state index contributed by atoms with van der Waals surface area (Å²) in [4.78, 5) is 0. The summed E-state index contributed by atoms with van der Waals surface area (Å²) in [5, 5.41) is 7.32. The van der Waals surface area contributed by atoms with Crippen LogP contribution >= 0.6 is 7.92 Å². The monoisotopic (exact) mass is 569 g/mol. The van der Waals surface area contributed by atoms with Crippen molar-refractivity contribution in [2.24, 2.45) is 5.11 Å². The molecule has 0 bridgehead atoms. The number of aryl methyl sites for hydroxylation is 1. The van der Waals surface area contributed by atoms with Crippen LogP contribution in [0.25, 0.3) is 5.53 Å². The zero-order valence-electron chi connectivity index (χ0n) is 19.8. The summed E-state index contributed by atoms with van der Waals surface area (Å²) in [6.07, 6.45) is 0. The molecule has 0 aliphatic rings. The summed E-state index contributed by atoms with van der Waals surface area (Å²) in [6, 6.07) is 51.8. The zero-order valence-corrected chi connectivity index (χ0v) is 22.8. The van der Waals surface area contributed by atoms with Crippen LogP contribution in [0.3, 0.4) is 0 Å². The fourth-order valence-electron chi connectivity index (χ4n) is 3.11. The maximum absolute atomic E-state index is 8.25. The Balaban J connectivity index is 0.000000317. The van der Waals surface area contributed by atoms with Gasteiger partial charge in [0.2, 0.25) is 0 Å². The minimum absolute atomic E-state index is 0. The first kappa shape index (κ1) is 30.7. The fraction of sp³-hybridized carbons (Fsp3) is 0.0323. The van der Waals surface area contributed by atoms with Crippen LogP contribution in [0.15, 0.2) is 126 Å². The van der Waals surface area contributed by atoms with E-state index in [9.17, 15) is 0 Å². The van der Waals surface area contributed by atoms with Crippen LogP contribution in [0.2, 0.25) is 0 Å². The topological polar surface area (TPSA) is 54.6 Å². The van der Waals surface area contributed by atoms with Crippen molar-refractivity contribution >= 4 is 29.5 Å². The van der Waals surface area contributed by atoms with Crippen molar-refractivity contribution in [3.8, 4) is 0 Å². The Morgan fingerprint density at radius 3 is 1.31 bits per heavy atom. The molecule has 0 aliphatic heterocycles. The molecule has 3 nitrogen and oxygen atoms in total. The zero-order chi connectivity index (χ0) is 25.1. The van der Waals surface area contributed by atoms with Gasteiger partial charge in [-0.05, 0) is 55.5 Å². The molecule has 0 aromatic heterocycles. The molecule has 0 fully saturated rings. The number of hydrogen-bond donors (Lipinski definition) is 0. The van der Waals surface area contributed by atoms with Crippen molar-refractivity contribution in [2.75, 3.05) is 0 Å². The molecule has 0 aliphatic carbocycles. The quantitative estimate of drug-likeness (QED) is 0.0795. The van der Waals surface area contributed by atoms with Crippen molar-refractivity contribution in [1.29, 1.82) is 0 Å². The Labute approximate surface area is 229 Å². The number of rotatable bonds is 4. The number of benzene rings is 4. The average molecular weight is 567 g/mol. The Morgan fingerprint density at radius 1 is 0.667 bits per heavy atom. The predicted octanol–water partition coefficient (Wildman–Crippen LogP) is 6.39. The van der Waals surface area contributed by atoms with Gasteiger partial charge in [-0.1, -0.05) is 72.3 Å². The molecule has 36 heavy (non-hydrogen) atoms. The molecule has 0 saturated heterocycles. The first-order valence-electron chi connectivity index (χ1n) is 10.8. The first-order chi connectivity index (χ1) is 17.3. The second-order valence-corrected chi connectivity index (χ2v) is 9.57. The Bertz CT molecular complexity index is 1100. The van der Waals surface area contributed by atoms with E-state index < -0.39 is 7.92 Å². The van der Waals surface area contributed by atoms with Gasteiger partial charge in [-0.2, -0.15) is 0 Å². The van der Waals surface area contributed by atoms with Gasteiger partial charge >= 0.3 is 11.3 Å². The van der Waals surface area contributed by atoms with Gasteiger partial charge in [-0.3, -0.25) is 0 Å². The third kappa shape index (κ3) is 11.0. The standard InChI is InChI=1S/C18H15P.C7H7N2.C5H.CO.Mo/c1-4-10-16(11-5-1)19(17-12-6-2-7-13-17)18-14-8-3-9-15-18;1-6-2-4-7(9-8)5-3-6;1-2-4-5-3-1;1-2;/h1-15H;2-5H,1H3;1H;;/q;-1;-5;;/p+1. The molecule has 0 atom stereocenters. The molecule has 5 rings (SSSR count). The number of hydrogen-bond acceptors (Lipinski definition) is 1. The minimum Gasteiger partial charge on any atom is -0.999 e. The van der Waals surface area contributed by atoms with Gasteiger partial charge in [-0.25, -0.2) is 0 Å². The Morgan fingerprint density at radius 2 is 1.03 bits per heavy atom. The maximum Gasteiger partial charge on any atom is 0.102 e. The van der Waals surface area contributed by atoms with Crippen LogP contribution < -0.4 is 15.9 Å². The van der Waals surface area contributed by atoms with Gasteiger partial charge in [0.15, 0.2) is 0 Å². The Hall–Kier alpha value is -3.31. The molecule has 5 aromatic rings. The fourth-order valence-corrected chi connectivity index (χ4v) is 5.68. The molecular weight excluding hydrogens is 543 g/mol. The molecule has 0 amide bonds. The van der Waals surface area contributed by atoms with E-state index in [1.165, 1.54) is 21.5 Å². The van der Waals surface area contributed by atoms with Crippen molar-refractivity contribution in [3.05, 3.63) is 163 Å². The maximum atomic E-state index is 8.25. The molecule has 5 aromatic carbocycles. The molecule has 0 unspecified atom stereocenters. The van der Waals surface area contributed by atoms with Crippen LogP contribution in [0.1, 0.15) is 5.56 Å². The van der Waals surface area contributed by atoms with Crippen molar-refractivity contribution in [1.82, 2.24) is 0 Å². The summed E-state index contributed by atoms with van der Waals surface area (Å²) < 4.78 is 7.50. The van der Waals surface area contributed by atoms with Gasteiger partial charge in [-0.15, -0.1) is 0 Å². The largest absolute Gasteiger partial charge is 0.999 e. The van der Waals surface area contributed by atoms with E-state index in [0.717, 1.165) is 0 Å². The van der Waals surface area contributed by atoms with Crippen LogP contribution in [0, 0.1) is 37.8 Å². The molecular formula is C31H24MoN2OP-5. The van der Waals surface area contributed by atoms with E-state index in [-0.39, 0.29) is 21.1 Å². The molecule has 0 radical (unpaired) electrons. The third-order valence-electron chi connectivity index (χ3n) is 4.69. The van der Waals surface area contributed by atoms with Crippen molar-refractivity contribution < 1.29 is 25.7 Å². The molecule has 5 heteroatoms. The molecule has 0 spiro atoms. The van der Waals surface area contributed by atoms with E-state index in [1.807, 2.05) is 19.1 Å². The second kappa shape index (κ2) is 18.9. The van der Waals surface area contributed by atoms with Crippen LogP contribution in [0.4, 0.5) is 5.69 Å². The van der Waals surface area contributed by atoms with Crippen LogP contribution in [0.5, 0.6) is 0 Å². The van der Waals surface area contributed by atoms with Gasteiger partial charge < -0.3 is 41.0 Å². The van der Waals surface area contributed by atoms with E-state index >= 15 is 0 Å². The molecule has 0 N–H and O–H groups in total. The van der Waals surface area contributed by atoms with Crippen molar-refractivity contribution in [2.45, 2.75) is 6.92 Å².